The van der Waals surface area contributed by atoms with Gasteiger partial charge in [0.25, 0.3) is 0 Å². The molecule has 1 N–H and O–H groups in total. The van der Waals surface area contributed by atoms with Crippen LogP contribution in [0, 0.1) is 5.41 Å². The van der Waals surface area contributed by atoms with E-state index in [0.717, 1.165) is 0 Å². The van der Waals surface area contributed by atoms with Crippen LogP contribution in [-0.2, 0) is 4.74 Å². The minimum Gasteiger partial charge on any atom is -0.480 e. The highest BCUT2D eigenvalue weighted by atomic mass is 19.1. The fourth-order valence-electron chi connectivity index (χ4n) is 0.213. The smallest absolute Gasteiger partial charge is 0.212 e. The van der Waals surface area contributed by atoms with Crippen molar-refractivity contribution in [3.8, 4) is 0 Å². The van der Waals surface area contributed by atoms with Crippen LogP contribution in [0.3, 0.4) is 0 Å². The van der Waals surface area contributed by atoms with Crippen LogP contribution in [0.4, 0.5) is 4.39 Å². The Bertz CT molecular complexity index is 64.7. The Morgan fingerprint density at radius 2 is 2.43 bits per heavy atom. The predicted octanol–water partition coefficient (Wildman–Crippen LogP) is 0.970. The fraction of sp³-hybridized carbons (Fsp3) is 0.750. The molecule has 0 atom stereocenters. The average molecular weight is 105 g/mol. The van der Waals surface area contributed by atoms with Crippen molar-refractivity contribution in [3.63, 3.8) is 0 Å². The average Bonchev–Trinajstić information content (AvgIpc) is 1.68. The minimum atomic E-state index is -0.798. The van der Waals surface area contributed by atoms with Gasteiger partial charge < -0.3 is 4.74 Å². The van der Waals surface area contributed by atoms with Crippen molar-refractivity contribution in [2.24, 2.45) is 0 Å². The molecule has 0 unspecified atom stereocenters. The van der Waals surface area contributed by atoms with Crippen LogP contribution in [-0.4, -0.2) is 19.2 Å². The first-order valence-electron chi connectivity index (χ1n) is 2.07. The maximum absolute atomic E-state index is 11.2. The highest BCUT2D eigenvalue weighted by Gasteiger charge is 1.88. The summed E-state index contributed by atoms with van der Waals surface area (Å²) in [6.45, 7) is 1.29. The second kappa shape index (κ2) is 3.59. The molecule has 0 aliphatic rings. The monoisotopic (exact) mass is 105 g/mol. The van der Waals surface area contributed by atoms with E-state index in [-0.39, 0.29) is 5.90 Å². The lowest BCUT2D eigenvalue weighted by molar-refractivity contribution is 0.302. The highest BCUT2D eigenvalue weighted by molar-refractivity contribution is 5.73. The maximum Gasteiger partial charge on any atom is 0.212 e. The number of halogens is 1. The van der Waals surface area contributed by atoms with Gasteiger partial charge in [-0.2, -0.15) is 0 Å². The molecule has 7 heavy (non-hydrogen) atoms. The first-order chi connectivity index (χ1) is 3.31. The normalized spacial score (nSPS) is 8.29. The van der Waals surface area contributed by atoms with Crippen LogP contribution >= 0.6 is 0 Å². The molecule has 0 fully saturated rings. The first kappa shape index (κ1) is 6.40. The van der Waals surface area contributed by atoms with E-state index < -0.39 is 6.67 Å². The number of nitrogens with one attached hydrogen (secondary N) is 1. The Morgan fingerprint density at radius 3 is 2.57 bits per heavy atom. The summed E-state index contributed by atoms with van der Waals surface area (Å²) < 4.78 is 15.6. The zero-order valence-electron chi connectivity index (χ0n) is 4.20. The van der Waals surface area contributed by atoms with Gasteiger partial charge >= 0.3 is 0 Å². The molecule has 0 heterocycles. The molecule has 0 radical (unpaired) electrons. The third kappa shape index (κ3) is 3.22. The van der Waals surface area contributed by atoms with E-state index in [2.05, 4.69) is 4.74 Å². The van der Waals surface area contributed by atoms with E-state index in [1.807, 2.05) is 0 Å². The zero-order valence-corrected chi connectivity index (χ0v) is 4.20. The lowest BCUT2D eigenvalue weighted by atomic mass is 10.7. The van der Waals surface area contributed by atoms with Crippen LogP contribution < -0.4 is 0 Å². The third-order valence-electron chi connectivity index (χ3n) is 0.440. The van der Waals surface area contributed by atoms with Gasteiger partial charge in [-0.15, -0.1) is 0 Å². The van der Waals surface area contributed by atoms with Gasteiger partial charge in [-0.25, -0.2) is 4.39 Å². The molecule has 0 saturated heterocycles. The molecule has 0 amide bonds. The van der Waals surface area contributed by atoms with Crippen molar-refractivity contribution in [1.29, 1.82) is 5.41 Å². The zero-order chi connectivity index (χ0) is 5.70. The molecular weight excluding hydrogens is 97.0 g/mol. The van der Waals surface area contributed by atoms with Crippen molar-refractivity contribution < 1.29 is 9.13 Å². The SMILES string of the molecule is CCOC(=N)CF. The largest absolute Gasteiger partial charge is 0.480 e. The lowest BCUT2D eigenvalue weighted by Gasteiger charge is -1.95. The quantitative estimate of drug-likeness (QED) is 0.412. The van der Waals surface area contributed by atoms with Crippen molar-refractivity contribution in [2.75, 3.05) is 13.3 Å². The molecule has 3 heteroatoms. The van der Waals surface area contributed by atoms with Crippen LogP contribution in [0.25, 0.3) is 0 Å². The second-order valence-corrected chi connectivity index (χ2v) is 0.990. The fourth-order valence-corrected chi connectivity index (χ4v) is 0.213. The van der Waals surface area contributed by atoms with Crippen molar-refractivity contribution in [2.45, 2.75) is 6.92 Å². The van der Waals surface area contributed by atoms with E-state index in [9.17, 15) is 4.39 Å². The van der Waals surface area contributed by atoms with Crippen LogP contribution in [0.5, 0.6) is 0 Å². The Hall–Kier alpha value is -0.600. The Balaban J connectivity index is 3.00. The maximum atomic E-state index is 11.2. The van der Waals surface area contributed by atoms with Gasteiger partial charge in [-0.1, -0.05) is 0 Å². The van der Waals surface area contributed by atoms with Gasteiger partial charge in [0.15, 0.2) is 6.67 Å². The van der Waals surface area contributed by atoms with Gasteiger partial charge in [0.2, 0.25) is 5.90 Å². The van der Waals surface area contributed by atoms with Gasteiger partial charge in [0.05, 0.1) is 6.61 Å². The van der Waals surface area contributed by atoms with Crippen LogP contribution in [0.15, 0.2) is 0 Å². The highest BCUT2D eigenvalue weighted by Crippen LogP contribution is 1.76. The van der Waals surface area contributed by atoms with E-state index in [0.29, 0.717) is 6.61 Å². The lowest BCUT2D eigenvalue weighted by Crippen LogP contribution is -2.03. The molecule has 2 nitrogen and oxygen atoms in total. The van der Waals surface area contributed by atoms with E-state index in [1.165, 1.54) is 0 Å². The summed E-state index contributed by atoms with van der Waals surface area (Å²) in [6, 6.07) is 0. The van der Waals surface area contributed by atoms with Gasteiger partial charge in [0.1, 0.15) is 0 Å². The summed E-state index contributed by atoms with van der Waals surface area (Å²) in [4.78, 5) is 0. The van der Waals surface area contributed by atoms with Crippen molar-refractivity contribution in [3.05, 3.63) is 0 Å². The third-order valence-corrected chi connectivity index (χ3v) is 0.440. The Kier molecular flexibility index (Phi) is 3.28. The molecule has 0 aromatic rings. The second-order valence-electron chi connectivity index (χ2n) is 0.990. The van der Waals surface area contributed by atoms with E-state index in [1.54, 1.807) is 6.92 Å². The van der Waals surface area contributed by atoms with Gasteiger partial charge in [-0.05, 0) is 6.92 Å². The standard InChI is InChI=1S/C4H8FNO/c1-2-7-4(6)3-5/h6H,2-3H2,1H3. The minimum absolute atomic E-state index is 0.289. The number of hydrogen-bond donors (Lipinski definition) is 1. The molecule has 42 valence electrons. The van der Waals surface area contributed by atoms with Crippen molar-refractivity contribution >= 4 is 5.90 Å². The molecule has 0 spiro atoms. The van der Waals surface area contributed by atoms with E-state index in [4.69, 9.17) is 5.41 Å². The summed E-state index contributed by atoms with van der Waals surface area (Å²) >= 11 is 0. The summed E-state index contributed by atoms with van der Waals surface area (Å²) in [5.41, 5.74) is 0. The molecule has 0 rings (SSSR count). The van der Waals surface area contributed by atoms with Crippen molar-refractivity contribution in [1.82, 2.24) is 0 Å². The molecule has 0 aromatic carbocycles. The number of hydrogen-bond acceptors (Lipinski definition) is 2. The molecule has 0 aromatic heterocycles. The number of ether oxygens (including phenoxy) is 1. The number of rotatable bonds is 2. The molecule has 0 bridgehead atoms. The Morgan fingerprint density at radius 1 is 1.86 bits per heavy atom. The topological polar surface area (TPSA) is 33.1 Å². The van der Waals surface area contributed by atoms with Crippen LogP contribution in [0.1, 0.15) is 6.92 Å². The molecule has 0 aliphatic heterocycles. The molecular formula is C4H8FNO. The summed E-state index contributed by atoms with van der Waals surface area (Å²) in [6.07, 6.45) is 0. The summed E-state index contributed by atoms with van der Waals surface area (Å²) in [5, 5.41) is 6.54. The summed E-state index contributed by atoms with van der Waals surface area (Å²) in [5.74, 6) is -0.289. The van der Waals surface area contributed by atoms with Gasteiger partial charge in [-0.3, -0.25) is 5.41 Å². The molecule has 0 aliphatic carbocycles. The first-order valence-corrected chi connectivity index (χ1v) is 2.07. The Labute approximate surface area is 41.8 Å². The summed E-state index contributed by atoms with van der Waals surface area (Å²) in [7, 11) is 0. The number of alkyl halides is 1. The van der Waals surface area contributed by atoms with E-state index >= 15 is 0 Å². The van der Waals surface area contributed by atoms with Crippen LogP contribution in [0.2, 0.25) is 0 Å². The molecule has 0 saturated carbocycles. The van der Waals surface area contributed by atoms with Gasteiger partial charge in [0, 0.05) is 0 Å². The predicted molar refractivity (Wildman–Crippen MR) is 25.3 cm³/mol.